The van der Waals surface area contributed by atoms with Crippen molar-refractivity contribution in [3.8, 4) is 0 Å². The molecule has 3 N–H and O–H groups in total. The minimum Gasteiger partial charge on any atom is -0.399 e. The number of aryl methyl sites for hydroxylation is 1. The van der Waals surface area contributed by atoms with Crippen LogP contribution in [0.1, 0.15) is 29.7 Å². The van der Waals surface area contributed by atoms with Crippen LogP contribution in [0.2, 0.25) is 0 Å². The molecule has 3 nitrogen and oxygen atoms in total. The predicted octanol–water partition coefficient (Wildman–Crippen LogP) is 3.00. The topological polar surface area (TPSA) is 55.1 Å². The summed E-state index contributed by atoms with van der Waals surface area (Å²) in [6, 6.07) is 15.6. The maximum Gasteiger partial charge on any atom is 0.224 e. The van der Waals surface area contributed by atoms with Gasteiger partial charge < -0.3 is 11.1 Å². The summed E-state index contributed by atoms with van der Waals surface area (Å²) in [5.74, 6) is 0.0165. The molecule has 0 aromatic heterocycles. The minimum atomic E-state index is 0.0110. The summed E-state index contributed by atoms with van der Waals surface area (Å²) >= 11 is 0. The van der Waals surface area contributed by atoms with Crippen molar-refractivity contribution in [2.24, 2.45) is 0 Å². The number of nitrogens with one attached hydrogen (secondary N) is 1. The fraction of sp³-hybridized carbons (Fsp3) is 0.235. The van der Waals surface area contributed by atoms with Crippen molar-refractivity contribution in [3.63, 3.8) is 0 Å². The van der Waals surface area contributed by atoms with Crippen LogP contribution in [-0.2, 0) is 11.2 Å². The summed E-state index contributed by atoms with van der Waals surface area (Å²) in [5, 5.41) is 3.01. The Kier molecular flexibility index (Phi) is 4.41. The highest BCUT2D eigenvalue weighted by molar-refractivity contribution is 5.79. The molecular formula is C17H20N2O. The lowest BCUT2D eigenvalue weighted by atomic mass is 10.1. The van der Waals surface area contributed by atoms with E-state index in [2.05, 4.69) is 17.4 Å². The largest absolute Gasteiger partial charge is 0.399 e. The molecule has 0 spiro atoms. The van der Waals surface area contributed by atoms with Crippen LogP contribution in [0.3, 0.4) is 0 Å². The number of hydrogen-bond acceptors (Lipinski definition) is 2. The predicted molar refractivity (Wildman–Crippen MR) is 82.3 cm³/mol. The highest BCUT2D eigenvalue weighted by atomic mass is 16.1. The van der Waals surface area contributed by atoms with Crippen LogP contribution in [0.5, 0.6) is 0 Å². The average molecular weight is 268 g/mol. The fourth-order valence-electron chi connectivity index (χ4n) is 2.05. The number of carbonyl (C=O) groups excluding carboxylic acids is 1. The van der Waals surface area contributed by atoms with Crippen LogP contribution in [0, 0.1) is 6.92 Å². The average Bonchev–Trinajstić information content (AvgIpc) is 2.42. The van der Waals surface area contributed by atoms with Crippen molar-refractivity contribution >= 4 is 11.6 Å². The molecule has 2 rings (SSSR count). The summed E-state index contributed by atoms with van der Waals surface area (Å²) in [7, 11) is 0. The van der Waals surface area contributed by atoms with Gasteiger partial charge in [0.1, 0.15) is 0 Å². The lowest BCUT2D eigenvalue weighted by molar-refractivity contribution is -0.121. The number of amides is 1. The van der Waals surface area contributed by atoms with Gasteiger partial charge in [0.05, 0.1) is 12.5 Å². The molecule has 0 saturated carbocycles. The van der Waals surface area contributed by atoms with Crippen LogP contribution in [0.15, 0.2) is 48.5 Å². The number of nitrogens with two attached hydrogens (primary N) is 1. The highest BCUT2D eigenvalue weighted by Gasteiger charge is 2.09. The second kappa shape index (κ2) is 6.24. The summed E-state index contributed by atoms with van der Waals surface area (Å²) < 4.78 is 0. The third-order valence-electron chi connectivity index (χ3n) is 3.30. The molecule has 0 aliphatic carbocycles. The van der Waals surface area contributed by atoms with E-state index in [0.29, 0.717) is 12.1 Å². The van der Waals surface area contributed by atoms with E-state index in [1.807, 2.05) is 50.2 Å². The molecule has 0 saturated heterocycles. The number of anilines is 1. The molecule has 104 valence electrons. The second-order valence-electron chi connectivity index (χ2n) is 5.12. The summed E-state index contributed by atoms with van der Waals surface area (Å²) in [4.78, 5) is 12.0. The van der Waals surface area contributed by atoms with Crippen LogP contribution >= 0.6 is 0 Å². The maximum absolute atomic E-state index is 12.0. The van der Waals surface area contributed by atoms with Gasteiger partial charge in [0, 0.05) is 5.69 Å². The first-order chi connectivity index (χ1) is 9.54. The first kappa shape index (κ1) is 14.1. The standard InChI is InChI=1S/C17H20N2O/c1-12-3-7-15(8-4-12)13(2)19-17(20)11-14-5-9-16(18)10-6-14/h3-10,13H,11,18H2,1-2H3,(H,19,20). The van der Waals surface area contributed by atoms with Crippen molar-refractivity contribution in [2.75, 3.05) is 5.73 Å². The Morgan fingerprint density at radius 3 is 2.30 bits per heavy atom. The number of nitrogen functional groups attached to an aromatic ring is 1. The van der Waals surface area contributed by atoms with Crippen molar-refractivity contribution in [3.05, 3.63) is 65.2 Å². The molecule has 1 unspecified atom stereocenters. The third-order valence-corrected chi connectivity index (χ3v) is 3.30. The zero-order valence-electron chi connectivity index (χ0n) is 11.9. The van der Waals surface area contributed by atoms with Crippen molar-refractivity contribution in [2.45, 2.75) is 26.3 Å². The van der Waals surface area contributed by atoms with E-state index in [9.17, 15) is 4.79 Å². The Bertz CT molecular complexity index is 573. The zero-order valence-corrected chi connectivity index (χ0v) is 11.9. The van der Waals surface area contributed by atoms with Gasteiger partial charge in [-0.3, -0.25) is 4.79 Å². The Hall–Kier alpha value is -2.29. The summed E-state index contributed by atoms with van der Waals surface area (Å²) in [5.41, 5.74) is 9.63. The van der Waals surface area contributed by atoms with Crippen LogP contribution in [0.4, 0.5) is 5.69 Å². The first-order valence-electron chi connectivity index (χ1n) is 6.75. The molecular weight excluding hydrogens is 248 g/mol. The molecule has 0 aliphatic heterocycles. The molecule has 0 aliphatic rings. The Morgan fingerprint density at radius 1 is 1.10 bits per heavy atom. The molecule has 2 aromatic rings. The van der Waals surface area contributed by atoms with E-state index >= 15 is 0 Å². The fourth-order valence-corrected chi connectivity index (χ4v) is 2.05. The molecule has 2 aromatic carbocycles. The van der Waals surface area contributed by atoms with E-state index in [0.717, 1.165) is 11.1 Å². The van der Waals surface area contributed by atoms with Crippen molar-refractivity contribution in [1.29, 1.82) is 0 Å². The molecule has 20 heavy (non-hydrogen) atoms. The van der Waals surface area contributed by atoms with E-state index in [1.165, 1.54) is 5.56 Å². The summed E-state index contributed by atoms with van der Waals surface area (Å²) in [6.07, 6.45) is 0.372. The van der Waals surface area contributed by atoms with Crippen LogP contribution in [0.25, 0.3) is 0 Å². The van der Waals surface area contributed by atoms with Gasteiger partial charge in [0.25, 0.3) is 0 Å². The molecule has 0 bridgehead atoms. The smallest absolute Gasteiger partial charge is 0.224 e. The molecule has 0 heterocycles. The minimum absolute atomic E-state index is 0.0110. The van der Waals surface area contributed by atoms with Gasteiger partial charge in [-0.15, -0.1) is 0 Å². The maximum atomic E-state index is 12.0. The van der Waals surface area contributed by atoms with E-state index in [4.69, 9.17) is 5.73 Å². The highest BCUT2D eigenvalue weighted by Crippen LogP contribution is 2.13. The molecule has 0 fully saturated rings. The van der Waals surface area contributed by atoms with Gasteiger partial charge in [-0.25, -0.2) is 0 Å². The van der Waals surface area contributed by atoms with Crippen LogP contribution < -0.4 is 11.1 Å². The van der Waals surface area contributed by atoms with Gasteiger partial charge in [-0.1, -0.05) is 42.0 Å². The number of hydrogen-bond donors (Lipinski definition) is 2. The first-order valence-corrected chi connectivity index (χ1v) is 6.75. The molecule has 1 amide bonds. The van der Waals surface area contributed by atoms with Crippen LogP contribution in [-0.4, -0.2) is 5.91 Å². The molecule has 3 heteroatoms. The third kappa shape index (κ3) is 3.85. The van der Waals surface area contributed by atoms with E-state index in [1.54, 1.807) is 0 Å². The van der Waals surface area contributed by atoms with E-state index < -0.39 is 0 Å². The SMILES string of the molecule is Cc1ccc(C(C)NC(=O)Cc2ccc(N)cc2)cc1. The number of carbonyl (C=O) groups is 1. The zero-order chi connectivity index (χ0) is 14.5. The summed E-state index contributed by atoms with van der Waals surface area (Å²) in [6.45, 7) is 4.04. The van der Waals surface area contributed by atoms with Gasteiger partial charge in [0.2, 0.25) is 5.91 Å². The van der Waals surface area contributed by atoms with Gasteiger partial charge >= 0.3 is 0 Å². The second-order valence-corrected chi connectivity index (χ2v) is 5.12. The van der Waals surface area contributed by atoms with Gasteiger partial charge in [0.15, 0.2) is 0 Å². The molecule has 1 atom stereocenters. The van der Waals surface area contributed by atoms with Gasteiger partial charge in [-0.2, -0.15) is 0 Å². The van der Waals surface area contributed by atoms with E-state index in [-0.39, 0.29) is 11.9 Å². The number of benzene rings is 2. The lowest BCUT2D eigenvalue weighted by Crippen LogP contribution is -2.28. The van der Waals surface area contributed by atoms with Crippen molar-refractivity contribution < 1.29 is 4.79 Å². The van der Waals surface area contributed by atoms with Gasteiger partial charge in [-0.05, 0) is 37.1 Å². The normalized spacial score (nSPS) is 11.9. The Morgan fingerprint density at radius 2 is 1.70 bits per heavy atom. The number of rotatable bonds is 4. The monoisotopic (exact) mass is 268 g/mol. The lowest BCUT2D eigenvalue weighted by Gasteiger charge is -2.14. The Labute approximate surface area is 119 Å². The van der Waals surface area contributed by atoms with Crippen molar-refractivity contribution in [1.82, 2.24) is 5.32 Å². The molecule has 0 radical (unpaired) electrons. The quantitative estimate of drug-likeness (QED) is 0.837. The Balaban J connectivity index is 1.93.